The van der Waals surface area contributed by atoms with E-state index < -0.39 is 0 Å². The van der Waals surface area contributed by atoms with Gasteiger partial charge in [0.2, 0.25) is 5.91 Å². The highest BCUT2D eigenvalue weighted by atomic mass is 32.1. The molecule has 0 spiro atoms. The van der Waals surface area contributed by atoms with Gasteiger partial charge in [0.1, 0.15) is 0 Å². The average molecular weight is 435 g/mol. The van der Waals surface area contributed by atoms with Crippen molar-refractivity contribution in [2.75, 3.05) is 50.7 Å². The molecule has 2 aliphatic rings. The standard InChI is InChI=1S/C25H30N4OS/c1-19-5-4-6-21(17-19)28-13-15-29(16-14-28)24(30)18-27-11-9-20(10-12-27)25-26-22-7-2-3-8-23(22)31-25/h2-8,17,20H,9-16,18H2,1H3. The molecule has 2 fully saturated rings. The fraction of sp³-hybridized carbons (Fsp3) is 0.440. The van der Waals surface area contributed by atoms with E-state index in [4.69, 9.17) is 4.98 Å². The van der Waals surface area contributed by atoms with Crippen LogP contribution in [0.5, 0.6) is 0 Å². The summed E-state index contributed by atoms with van der Waals surface area (Å²) < 4.78 is 1.28. The van der Waals surface area contributed by atoms with Crippen molar-refractivity contribution < 1.29 is 4.79 Å². The molecule has 3 heterocycles. The Bertz CT molecular complexity index is 1020. The van der Waals surface area contributed by atoms with Gasteiger partial charge in [-0.25, -0.2) is 4.98 Å². The Balaban J connectivity index is 1.10. The summed E-state index contributed by atoms with van der Waals surface area (Å²) in [6.07, 6.45) is 2.18. The number of rotatable bonds is 4. The SMILES string of the molecule is Cc1cccc(N2CCN(C(=O)CN3CCC(c4nc5ccccc5s4)CC3)CC2)c1. The molecule has 0 saturated carbocycles. The van der Waals surface area contributed by atoms with Crippen LogP contribution in [0.4, 0.5) is 5.69 Å². The Kier molecular flexibility index (Phi) is 5.92. The quantitative estimate of drug-likeness (QED) is 0.619. The number of piperazine rings is 1. The molecule has 1 amide bonds. The summed E-state index contributed by atoms with van der Waals surface area (Å²) in [6.45, 7) is 8.10. The lowest BCUT2D eigenvalue weighted by Gasteiger charge is -2.38. The predicted molar refractivity (Wildman–Crippen MR) is 128 cm³/mol. The number of aromatic nitrogens is 1. The Hall–Kier alpha value is -2.44. The van der Waals surface area contributed by atoms with Crippen LogP contribution in [-0.4, -0.2) is 66.5 Å². The first-order chi connectivity index (χ1) is 15.2. The fourth-order valence-electron chi connectivity index (χ4n) is 4.73. The molecule has 0 atom stereocenters. The topological polar surface area (TPSA) is 39.7 Å². The fourth-order valence-corrected chi connectivity index (χ4v) is 5.87. The Morgan fingerprint density at radius 3 is 2.52 bits per heavy atom. The number of likely N-dealkylation sites (tertiary alicyclic amines) is 1. The van der Waals surface area contributed by atoms with Gasteiger partial charge in [0, 0.05) is 37.8 Å². The van der Waals surface area contributed by atoms with Gasteiger partial charge in [-0.3, -0.25) is 9.69 Å². The normalized spacial score (nSPS) is 18.6. The molecular weight excluding hydrogens is 404 g/mol. The lowest BCUT2D eigenvalue weighted by atomic mass is 9.97. The van der Waals surface area contributed by atoms with Crippen LogP contribution in [0.2, 0.25) is 0 Å². The van der Waals surface area contributed by atoms with Gasteiger partial charge in [-0.05, 0) is 62.7 Å². The third-order valence-corrected chi connectivity index (χ3v) is 7.80. The highest BCUT2D eigenvalue weighted by molar-refractivity contribution is 7.18. The summed E-state index contributed by atoms with van der Waals surface area (Å²) in [6, 6.07) is 17.0. The molecule has 3 aromatic rings. The number of hydrogen-bond donors (Lipinski definition) is 0. The molecule has 1 aromatic heterocycles. The number of aryl methyl sites for hydroxylation is 1. The molecular formula is C25H30N4OS. The first-order valence-corrected chi connectivity index (χ1v) is 12.1. The second-order valence-electron chi connectivity index (χ2n) is 8.78. The number of carbonyl (C=O) groups is 1. The maximum Gasteiger partial charge on any atom is 0.236 e. The average Bonchev–Trinajstić information content (AvgIpc) is 3.24. The van der Waals surface area contributed by atoms with Crippen molar-refractivity contribution in [3.8, 4) is 0 Å². The van der Waals surface area contributed by atoms with Gasteiger partial charge in [0.25, 0.3) is 0 Å². The Labute approximate surface area is 188 Å². The maximum atomic E-state index is 12.9. The molecule has 2 aromatic carbocycles. The van der Waals surface area contributed by atoms with E-state index in [1.807, 2.05) is 16.2 Å². The molecule has 5 nitrogen and oxygen atoms in total. The van der Waals surface area contributed by atoms with Crippen LogP contribution in [0.3, 0.4) is 0 Å². The highest BCUT2D eigenvalue weighted by Crippen LogP contribution is 2.33. The number of carbonyl (C=O) groups excluding carboxylic acids is 1. The van der Waals surface area contributed by atoms with Gasteiger partial charge < -0.3 is 9.80 Å². The van der Waals surface area contributed by atoms with Gasteiger partial charge in [-0.2, -0.15) is 0 Å². The third-order valence-electron chi connectivity index (χ3n) is 6.61. The molecule has 162 valence electrons. The molecule has 0 N–H and O–H groups in total. The predicted octanol–water partition coefficient (Wildman–Crippen LogP) is 4.13. The van der Waals surface area contributed by atoms with Gasteiger partial charge >= 0.3 is 0 Å². The van der Waals surface area contributed by atoms with Gasteiger partial charge in [0.05, 0.1) is 21.8 Å². The van der Waals surface area contributed by atoms with E-state index in [1.165, 1.54) is 21.0 Å². The zero-order valence-electron chi connectivity index (χ0n) is 18.2. The minimum atomic E-state index is 0.280. The molecule has 6 heteroatoms. The second-order valence-corrected chi connectivity index (χ2v) is 9.84. The molecule has 5 rings (SSSR count). The van der Waals surface area contributed by atoms with E-state index in [0.29, 0.717) is 12.5 Å². The van der Waals surface area contributed by atoms with Gasteiger partial charge in [-0.1, -0.05) is 24.3 Å². The summed E-state index contributed by atoms with van der Waals surface area (Å²) in [5.74, 6) is 0.809. The summed E-state index contributed by atoms with van der Waals surface area (Å²) in [5, 5.41) is 1.26. The van der Waals surface area contributed by atoms with E-state index in [1.54, 1.807) is 0 Å². The van der Waals surface area contributed by atoms with E-state index in [-0.39, 0.29) is 5.91 Å². The van der Waals surface area contributed by atoms with Crippen LogP contribution in [0.15, 0.2) is 48.5 Å². The number of para-hydroxylation sites is 1. The van der Waals surface area contributed by atoms with Crippen LogP contribution in [0, 0.1) is 6.92 Å². The number of piperidine rings is 1. The van der Waals surface area contributed by atoms with Crippen LogP contribution in [0.1, 0.15) is 29.3 Å². The number of nitrogens with zero attached hydrogens (tertiary/aromatic N) is 4. The van der Waals surface area contributed by atoms with Crippen molar-refractivity contribution >= 4 is 33.1 Å². The molecule has 2 aliphatic heterocycles. The van der Waals surface area contributed by atoms with E-state index in [2.05, 4.69) is 65.3 Å². The number of hydrogen-bond acceptors (Lipinski definition) is 5. The molecule has 31 heavy (non-hydrogen) atoms. The van der Waals surface area contributed by atoms with Crippen LogP contribution in [0.25, 0.3) is 10.2 Å². The van der Waals surface area contributed by atoms with Crippen LogP contribution >= 0.6 is 11.3 Å². The molecule has 0 unspecified atom stereocenters. The van der Waals surface area contributed by atoms with E-state index in [0.717, 1.165) is 57.6 Å². The summed E-state index contributed by atoms with van der Waals surface area (Å²) >= 11 is 1.83. The van der Waals surface area contributed by atoms with Crippen molar-refractivity contribution in [2.45, 2.75) is 25.7 Å². The summed E-state index contributed by atoms with van der Waals surface area (Å²) in [4.78, 5) is 24.5. The van der Waals surface area contributed by atoms with Gasteiger partial charge in [-0.15, -0.1) is 11.3 Å². The molecule has 0 aliphatic carbocycles. The third kappa shape index (κ3) is 4.60. The maximum absolute atomic E-state index is 12.9. The number of thiazole rings is 1. The van der Waals surface area contributed by atoms with Crippen LogP contribution in [-0.2, 0) is 4.79 Å². The van der Waals surface area contributed by atoms with Crippen molar-refractivity contribution in [3.05, 3.63) is 59.1 Å². The first kappa shape index (κ1) is 20.5. The van der Waals surface area contributed by atoms with E-state index >= 15 is 0 Å². The Morgan fingerprint density at radius 1 is 1.00 bits per heavy atom. The monoisotopic (exact) mass is 434 g/mol. The lowest BCUT2D eigenvalue weighted by molar-refractivity contribution is -0.133. The Morgan fingerprint density at radius 2 is 1.77 bits per heavy atom. The first-order valence-electron chi connectivity index (χ1n) is 11.3. The van der Waals surface area contributed by atoms with Crippen molar-refractivity contribution in [1.29, 1.82) is 0 Å². The minimum Gasteiger partial charge on any atom is -0.368 e. The second kappa shape index (κ2) is 8.97. The number of fused-ring (bicyclic) bond motifs is 1. The van der Waals surface area contributed by atoms with E-state index in [9.17, 15) is 4.79 Å². The minimum absolute atomic E-state index is 0.280. The van der Waals surface area contributed by atoms with Crippen molar-refractivity contribution in [1.82, 2.24) is 14.8 Å². The molecule has 0 bridgehead atoms. The van der Waals surface area contributed by atoms with Crippen molar-refractivity contribution in [3.63, 3.8) is 0 Å². The number of amides is 1. The lowest BCUT2D eigenvalue weighted by Crippen LogP contribution is -2.51. The van der Waals surface area contributed by atoms with Gasteiger partial charge in [0.15, 0.2) is 0 Å². The number of benzene rings is 2. The summed E-state index contributed by atoms with van der Waals surface area (Å²) in [5.41, 5.74) is 3.67. The van der Waals surface area contributed by atoms with Crippen LogP contribution < -0.4 is 4.90 Å². The zero-order valence-corrected chi connectivity index (χ0v) is 19.0. The highest BCUT2D eigenvalue weighted by Gasteiger charge is 2.27. The largest absolute Gasteiger partial charge is 0.368 e. The molecule has 0 radical (unpaired) electrons. The van der Waals surface area contributed by atoms with Crippen molar-refractivity contribution in [2.24, 2.45) is 0 Å². The zero-order chi connectivity index (χ0) is 21.2. The summed E-state index contributed by atoms with van der Waals surface area (Å²) in [7, 11) is 0. The smallest absolute Gasteiger partial charge is 0.236 e. The number of anilines is 1. The molecule has 2 saturated heterocycles.